The summed E-state index contributed by atoms with van der Waals surface area (Å²) in [6.45, 7) is 0. The van der Waals surface area contributed by atoms with Crippen molar-refractivity contribution in [3.63, 3.8) is 0 Å². The monoisotopic (exact) mass is 233 g/mol. The molecule has 0 aromatic heterocycles. The smallest absolute Gasteiger partial charge is 0.481 e. The zero-order valence-corrected chi connectivity index (χ0v) is 8.04. The molecule has 0 saturated heterocycles. The Balaban J connectivity index is 2.79. The fourth-order valence-electron chi connectivity index (χ4n) is 1.11. The third kappa shape index (κ3) is 4.20. The molecule has 0 aliphatic heterocycles. The molecule has 0 heterocycles. The Bertz CT molecular complexity index is 374. The van der Waals surface area contributed by atoms with Crippen molar-refractivity contribution in [1.82, 2.24) is 0 Å². The van der Waals surface area contributed by atoms with Gasteiger partial charge in [-0.15, -0.1) is 13.2 Å². The van der Waals surface area contributed by atoms with E-state index < -0.39 is 12.3 Å². The Morgan fingerprint density at radius 3 is 2.75 bits per heavy atom. The molecule has 0 aliphatic carbocycles. The summed E-state index contributed by atoms with van der Waals surface area (Å²) in [7, 11) is 0. The maximum Gasteiger partial charge on any atom is 0.573 e. The van der Waals surface area contributed by atoms with Crippen LogP contribution in [0.5, 0.6) is 5.75 Å². The number of aliphatic carboxylic acids is 1. The van der Waals surface area contributed by atoms with Crippen molar-refractivity contribution >= 4 is 5.97 Å². The standard InChI is InChI=1S/C10H8F3O3/c11-10(12,13)16-8-4-2-1-3-7(8)5-6-9(14)15/h2-4H,5-6H2,(H,14,15). The number of alkyl halides is 3. The highest BCUT2D eigenvalue weighted by Gasteiger charge is 2.31. The molecular weight excluding hydrogens is 225 g/mol. The molecular formula is C10H8F3O3. The molecule has 0 unspecified atom stereocenters. The minimum Gasteiger partial charge on any atom is -0.481 e. The van der Waals surface area contributed by atoms with Crippen LogP contribution in [0.4, 0.5) is 13.2 Å². The number of halogens is 3. The number of rotatable bonds is 4. The van der Waals surface area contributed by atoms with Gasteiger partial charge in [-0.3, -0.25) is 4.79 Å². The van der Waals surface area contributed by atoms with E-state index in [9.17, 15) is 18.0 Å². The molecule has 1 radical (unpaired) electrons. The van der Waals surface area contributed by atoms with Crippen LogP contribution in [0, 0.1) is 6.07 Å². The molecule has 1 rings (SSSR count). The second-order valence-corrected chi connectivity index (χ2v) is 2.98. The lowest BCUT2D eigenvalue weighted by Crippen LogP contribution is -2.18. The van der Waals surface area contributed by atoms with E-state index in [0.29, 0.717) is 0 Å². The highest BCUT2D eigenvalue weighted by molar-refractivity contribution is 5.67. The molecule has 6 heteroatoms. The SMILES string of the molecule is O=C(O)CCc1c[c]ccc1OC(F)(F)F. The first kappa shape index (κ1) is 12.4. The second-order valence-electron chi connectivity index (χ2n) is 2.98. The first-order valence-corrected chi connectivity index (χ1v) is 4.35. The summed E-state index contributed by atoms with van der Waals surface area (Å²) in [6, 6.07) is 6.22. The highest BCUT2D eigenvalue weighted by atomic mass is 19.4. The van der Waals surface area contributed by atoms with Gasteiger partial charge < -0.3 is 9.84 Å². The van der Waals surface area contributed by atoms with Gasteiger partial charge in [0.1, 0.15) is 5.75 Å². The number of hydrogen-bond donors (Lipinski definition) is 1. The maximum atomic E-state index is 12.0. The van der Waals surface area contributed by atoms with Crippen LogP contribution in [0.15, 0.2) is 18.2 Å². The molecule has 1 aromatic carbocycles. The lowest BCUT2D eigenvalue weighted by atomic mass is 10.1. The topological polar surface area (TPSA) is 46.5 Å². The molecule has 3 nitrogen and oxygen atoms in total. The third-order valence-electron chi connectivity index (χ3n) is 1.74. The Morgan fingerprint density at radius 2 is 2.19 bits per heavy atom. The Morgan fingerprint density at radius 1 is 1.50 bits per heavy atom. The van der Waals surface area contributed by atoms with Crippen molar-refractivity contribution in [3.05, 3.63) is 29.8 Å². The van der Waals surface area contributed by atoms with E-state index in [-0.39, 0.29) is 24.2 Å². The number of ether oxygens (including phenoxy) is 1. The van der Waals surface area contributed by atoms with Crippen molar-refractivity contribution in [1.29, 1.82) is 0 Å². The lowest BCUT2D eigenvalue weighted by Gasteiger charge is -2.12. The Hall–Kier alpha value is -1.72. The lowest BCUT2D eigenvalue weighted by molar-refractivity contribution is -0.274. The zero-order valence-electron chi connectivity index (χ0n) is 8.04. The van der Waals surface area contributed by atoms with Crippen LogP contribution in [-0.4, -0.2) is 17.4 Å². The fraction of sp³-hybridized carbons (Fsp3) is 0.300. The van der Waals surface area contributed by atoms with Gasteiger partial charge in [-0.25, -0.2) is 0 Å². The van der Waals surface area contributed by atoms with Gasteiger partial charge in [0.15, 0.2) is 0 Å². The molecule has 1 N–H and O–H groups in total. The summed E-state index contributed by atoms with van der Waals surface area (Å²) in [4.78, 5) is 10.3. The van der Waals surface area contributed by atoms with Gasteiger partial charge in [0, 0.05) is 6.42 Å². The average Bonchev–Trinajstić information content (AvgIpc) is 2.14. The predicted molar refractivity (Wildman–Crippen MR) is 47.9 cm³/mol. The molecule has 0 aliphatic rings. The van der Waals surface area contributed by atoms with E-state index in [1.165, 1.54) is 12.1 Å². The van der Waals surface area contributed by atoms with Gasteiger partial charge >= 0.3 is 12.3 Å². The molecule has 87 valence electrons. The van der Waals surface area contributed by atoms with Crippen molar-refractivity contribution in [2.45, 2.75) is 19.2 Å². The fourth-order valence-corrected chi connectivity index (χ4v) is 1.11. The van der Waals surface area contributed by atoms with Crippen LogP contribution in [-0.2, 0) is 11.2 Å². The normalized spacial score (nSPS) is 11.2. The molecule has 0 spiro atoms. The first-order valence-electron chi connectivity index (χ1n) is 4.35. The second kappa shape index (κ2) is 4.87. The molecule has 1 aromatic rings. The zero-order chi connectivity index (χ0) is 12.2. The average molecular weight is 233 g/mol. The van der Waals surface area contributed by atoms with E-state index in [1.54, 1.807) is 0 Å². The van der Waals surface area contributed by atoms with Gasteiger partial charge in [-0.1, -0.05) is 6.07 Å². The van der Waals surface area contributed by atoms with E-state index >= 15 is 0 Å². The van der Waals surface area contributed by atoms with Crippen molar-refractivity contribution < 1.29 is 27.8 Å². The Kier molecular flexibility index (Phi) is 3.76. The molecule has 0 bridgehead atoms. The molecule has 16 heavy (non-hydrogen) atoms. The quantitative estimate of drug-likeness (QED) is 0.868. The summed E-state index contributed by atoms with van der Waals surface area (Å²) < 4.78 is 39.7. The van der Waals surface area contributed by atoms with Crippen LogP contribution in [0.2, 0.25) is 0 Å². The van der Waals surface area contributed by atoms with Crippen LogP contribution in [0.1, 0.15) is 12.0 Å². The van der Waals surface area contributed by atoms with Gasteiger partial charge in [-0.05, 0) is 30.2 Å². The first-order chi connectivity index (χ1) is 7.38. The van der Waals surface area contributed by atoms with Crippen molar-refractivity contribution in [3.8, 4) is 5.75 Å². The van der Waals surface area contributed by atoms with Crippen LogP contribution >= 0.6 is 0 Å². The number of aryl methyl sites for hydroxylation is 1. The van der Waals surface area contributed by atoms with Gasteiger partial charge in [0.2, 0.25) is 0 Å². The summed E-state index contributed by atoms with van der Waals surface area (Å²) in [5.41, 5.74) is 0.169. The van der Waals surface area contributed by atoms with Gasteiger partial charge in [-0.2, -0.15) is 0 Å². The van der Waals surface area contributed by atoms with E-state index in [4.69, 9.17) is 5.11 Å². The summed E-state index contributed by atoms with van der Waals surface area (Å²) in [6.07, 6.45) is -5.07. The van der Waals surface area contributed by atoms with Crippen LogP contribution in [0.25, 0.3) is 0 Å². The summed E-state index contributed by atoms with van der Waals surface area (Å²) in [5.74, 6) is -1.46. The number of carboxylic acid groups (broad SMARTS) is 1. The van der Waals surface area contributed by atoms with Gasteiger partial charge in [0.25, 0.3) is 0 Å². The number of hydrogen-bond acceptors (Lipinski definition) is 2. The van der Waals surface area contributed by atoms with Gasteiger partial charge in [0.05, 0.1) is 0 Å². The predicted octanol–water partition coefficient (Wildman–Crippen LogP) is 2.40. The maximum absolute atomic E-state index is 12.0. The van der Waals surface area contributed by atoms with E-state index in [2.05, 4.69) is 10.8 Å². The van der Waals surface area contributed by atoms with Crippen LogP contribution in [0.3, 0.4) is 0 Å². The molecule has 0 amide bonds. The summed E-state index contributed by atoms with van der Waals surface area (Å²) >= 11 is 0. The largest absolute Gasteiger partial charge is 0.573 e. The van der Waals surface area contributed by atoms with E-state index in [1.807, 2.05) is 0 Å². The van der Waals surface area contributed by atoms with Crippen molar-refractivity contribution in [2.24, 2.45) is 0 Å². The molecule has 0 saturated carbocycles. The van der Waals surface area contributed by atoms with Crippen LogP contribution < -0.4 is 4.74 Å². The minimum absolute atomic E-state index is 0.0297. The summed E-state index contributed by atoms with van der Waals surface area (Å²) in [5, 5.41) is 8.43. The Labute approximate surface area is 89.5 Å². The number of benzene rings is 1. The molecule has 0 fully saturated rings. The number of carbonyl (C=O) groups is 1. The number of carboxylic acids is 1. The highest BCUT2D eigenvalue weighted by Crippen LogP contribution is 2.26. The van der Waals surface area contributed by atoms with E-state index in [0.717, 1.165) is 6.07 Å². The molecule has 0 atom stereocenters. The minimum atomic E-state index is -4.78. The third-order valence-corrected chi connectivity index (χ3v) is 1.74. The van der Waals surface area contributed by atoms with Crippen molar-refractivity contribution in [2.75, 3.05) is 0 Å².